The Kier molecular flexibility index (Phi) is 4.01. The molecule has 2 saturated heterocycles. The summed E-state index contributed by atoms with van der Waals surface area (Å²) in [6.45, 7) is 4.20. The average molecular weight is 302 g/mol. The molecule has 1 spiro atoms. The molecule has 1 aromatic rings. The summed E-state index contributed by atoms with van der Waals surface area (Å²) in [6, 6.07) is 5.79. The molecule has 0 atom stereocenters. The largest absolute Gasteiger partial charge is 0.347 e. The quantitative estimate of drug-likeness (QED) is 0.836. The van der Waals surface area contributed by atoms with Gasteiger partial charge < -0.3 is 9.47 Å². The first-order valence-electron chi connectivity index (χ1n) is 6.62. The van der Waals surface area contributed by atoms with Gasteiger partial charge in [0.05, 0.1) is 23.3 Å². The van der Waals surface area contributed by atoms with Crippen LogP contribution in [0.25, 0.3) is 0 Å². The Morgan fingerprint density at radius 3 is 2.47 bits per heavy atom. The maximum Gasteiger partial charge on any atom is 0.170 e. The predicted octanol–water partition coefficient (Wildman–Crippen LogP) is 3.33. The average Bonchev–Trinajstić information content (AvgIpc) is 2.86. The van der Waals surface area contributed by atoms with Crippen LogP contribution in [0.15, 0.2) is 18.2 Å². The van der Waals surface area contributed by atoms with Gasteiger partial charge in [0.1, 0.15) is 0 Å². The van der Waals surface area contributed by atoms with Crippen LogP contribution in [-0.4, -0.2) is 37.0 Å². The SMILES string of the molecule is Clc1cccc(CN2CCC3(CC2)OCCO3)c1Cl. The van der Waals surface area contributed by atoms with Crippen LogP contribution in [0.5, 0.6) is 0 Å². The number of nitrogens with zero attached hydrogens (tertiary/aromatic N) is 1. The van der Waals surface area contributed by atoms with Crippen LogP contribution in [0.3, 0.4) is 0 Å². The lowest BCUT2D eigenvalue weighted by molar-refractivity contribution is -0.185. The molecule has 5 heteroatoms. The Balaban J connectivity index is 1.61. The zero-order chi connectivity index (χ0) is 13.3. The third kappa shape index (κ3) is 2.91. The van der Waals surface area contributed by atoms with E-state index < -0.39 is 0 Å². The van der Waals surface area contributed by atoms with Gasteiger partial charge >= 0.3 is 0 Å². The molecule has 0 aliphatic carbocycles. The van der Waals surface area contributed by atoms with Gasteiger partial charge in [0.15, 0.2) is 5.79 Å². The van der Waals surface area contributed by atoms with E-state index in [9.17, 15) is 0 Å². The van der Waals surface area contributed by atoms with Gasteiger partial charge in [-0.2, -0.15) is 0 Å². The highest BCUT2D eigenvalue weighted by molar-refractivity contribution is 6.42. The van der Waals surface area contributed by atoms with E-state index in [0.29, 0.717) is 10.0 Å². The zero-order valence-electron chi connectivity index (χ0n) is 10.7. The lowest BCUT2D eigenvalue weighted by Gasteiger charge is -2.37. The van der Waals surface area contributed by atoms with E-state index >= 15 is 0 Å². The molecule has 2 fully saturated rings. The summed E-state index contributed by atoms with van der Waals surface area (Å²) in [6.07, 6.45) is 1.84. The van der Waals surface area contributed by atoms with Crippen molar-refractivity contribution < 1.29 is 9.47 Å². The van der Waals surface area contributed by atoms with Crippen molar-refractivity contribution >= 4 is 23.2 Å². The van der Waals surface area contributed by atoms with Crippen molar-refractivity contribution in [2.45, 2.75) is 25.2 Å². The molecular formula is C14H17Cl2NO2. The van der Waals surface area contributed by atoms with Crippen LogP contribution in [0.2, 0.25) is 10.0 Å². The second-order valence-corrected chi connectivity index (χ2v) is 5.88. The summed E-state index contributed by atoms with van der Waals surface area (Å²) < 4.78 is 11.5. The maximum absolute atomic E-state index is 6.23. The fourth-order valence-electron chi connectivity index (χ4n) is 2.75. The fraction of sp³-hybridized carbons (Fsp3) is 0.571. The molecule has 2 heterocycles. The molecule has 19 heavy (non-hydrogen) atoms. The molecule has 2 aliphatic rings. The van der Waals surface area contributed by atoms with E-state index in [0.717, 1.165) is 51.3 Å². The normalized spacial score (nSPS) is 23.1. The summed E-state index contributed by atoms with van der Waals surface area (Å²) in [4.78, 5) is 2.37. The van der Waals surface area contributed by atoms with Crippen LogP contribution in [0, 0.1) is 0 Å². The molecule has 3 nitrogen and oxygen atoms in total. The Labute approximate surface area is 123 Å². The van der Waals surface area contributed by atoms with Gasteiger partial charge in [-0.05, 0) is 11.6 Å². The smallest absolute Gasteiger partial charge is 0.170 e. The number of benzene rings is 1. The van der Waals surface area contributed by atoms with Crippen molar-refractivity contribution in [2.24, 2.45) is 0 Å². The number of halogens is 2. The third-order valence-electron chi connectivity index (χ3n) is 3.86. The predicted molar refractivity (Wildman–Crippen MR) is 75.6 cm³/mol. The molecular weight excluding hydrogens is 285 g/mol. The lowest BCUT2D eigenvalue weighted by atomic mass is 10.0. The minimum Gasteiger partial charge on any atom is -0.347 e. The van der Waals surface area contributed by atoms with Crippen LogP contribution in [0.4, 0.5) is 0 Å². The maximum atomic E-state index is 6.23. The highest BCUT2D eigenvalue weighted by Gasteiger charge is 2.39. The lowest BCUT2D eigenvalue weighted by Crippen LogP contribution is -2.44. The van der Waals surface area contributed by atoms with Gasteiger partial charge in [0.25, 0.3) is 0 Å². The molecule has 104 valence electrons. The van der Waals surface area contributed by atoms with Crippen LogP contribution in [0.1, 0.15) is 18.4 Å². The van der Waals surface area contributed by atoms with Gasteiger partial charge in [-0.1, -0.05) is 35.3 Å². The second kappa shape index (κ2) is 5.58. The number of rotatable bonds is 2. The first-order chi connectivity index (χ1) is 9.19. The second-order valence-electron chi connectivity index (χ2n) is 5.10. The molecule has 0 amide bonds. The number of hydrogen-bond acceptors (Lipinski definition) is 3. The molecule has 0 saturated carbocycles. The van der Waals surface area contributed by atoms with Crippen molar-refractivity contribution in [1.29, 1.82) is 0 Å². The minimum absolute atomic E-state index is 0.311. The number of hydrogen-bond donors (Lipinski definition) is 0. The summed E-state index contributed by atoms with van der Waals surface area (Å²) in [7, 11) is 0. The summed E-state index contributed by atoms with van der Waals surface area (Å²) in [5, 5.41) is 1.29. The van der Waals surface area contributed by atoms with Crippen molar-refractivity contribution in [3.8, 4) is 0 Å². The Morgan fingerprint density at radius 1 is 1.11 bits per heavy atom. The Hall–Kier alpha value is -0.320. The van der Waals surface area contributed by atoms with Gasteiger partial charge in [0.2, 0.25) is 0 Å². The molecule has 0 radical (unpaired) electrons. The standard InChI is InChI=1S/C14H17Cl2NO2/c15-12-3-1-2-11(13(12)16)10-17-6-4-14(5-7-17)18-8-9-19-14/h1-3H,4-10H2. The summed E-state index contributed by atoms with van der Waals surface area (Å²) in [5.41, 5.74) is 1.08. The highest BCUT2D eigenvalue weighted by atomic mass is 35.5. The van der Waals surface area contributed by atoms with Gasteiger partial charge in [0, 0.05) is 32.5 Å². The van der Waals surface area contributed by atoms with E-state index in [1.54, 1.807) is 0 Å². The van der Waals surface area contributed by atoms with E-state index in [1.807, 2.05) is 18.2 Å². The first-order valence-corrected chi connectivity index (χ1v) is 7.37. The topological polar surface area (TPSA) is 21.7 Å². The van der Waals surface area contributed by atoms with Gasteiger partial charge in [-0.3, -0.25) is 4.90 Å². The Morgan fingerprint density at radius 2 is 1.79 bits per heavy atom. The van der Waals surface area contributed by atoms with Crippen LogP contribution < -0.4 is 0 Å². The molecule has 2 aliphatic heterocycles. The Bertz CT molecular complexity index is 451. The van der Waals surface area contributed by atoms with Crippen molar-refractivity contribution in [3.05, 3.63) is 33.8 Å². The molecule has 0 bridgehead atoms. The van der Waals surface area contributed by atoms with E-state index in [4.69, 9.17) is 32.7 Å². The monoisotopic (exact) mass is 301 g/mol. The molecule has 0 N–H and O–H groups in total. The first kappa shape index (κ1) is 13.7. The van der Waals surface area contributed by atoms with Gasteiger partial charge in [-0.25, -0.2) is 0 Å². The zero-order valence-corrected chi connectivity index (χ0v) is 12.2. The molecule has 1 aromatic carbocycles. The third-order valence-corrected chi connectivity index (χ3v) is 4.71. The van der Waals surface area contributed by atoms with Crippen molar-refractivity contribution in [3.63, 3.8) is 0 Å². The van der Waals surface area contributed by atoms with Crippen LogP contribution >= 0.6 is 23.2 Å². The minimum atomic E-state index is -0.311. The molecule has 0 aromatic heterocycles. The van der Waals surface area contributed by atoms with E-state index in [1.165, 1.54) is 0 Å². The van der Waals surface area contributed by atoms with Crippen molar-refractivity contribution in [2.75, 3.05) is 26.3 Å². The van der Waals surface area contributed by atoms with E-state index in [2.05, 4.69) is 4.90 Å². The van der Waals surface area contributed by atoms with Crippen molar-refractivity contribution in [1.82, 2.24) is 4.90 Å². The summed E-state index contributed by atoms with van der Waals surface area (Å²) >= 11 is 12.3. The number of likely N-dealkylation sites (tertiary alicyclic amines) is 1. The van der Waals surface area contributed by atoms with Crippen LogP contribution in [-0.2, 0) is 16.0 Å². The summed E-state index contributed by atoms with van der Waals surface area (Å²) in [5.74, 6) is -0.311. The number of ether oxygens (including phenoxy) is 2. The highest BCUT2D eigenvalue weighted by Crippen LogP contribution is 2.33. The van der Waals surface area contributed by atoms with Gasteiger partial charge in [-0.15, -0.1) is 0 Å². The van der Waals surface area contributed by atoms with E-state index in [-0.39, 0.29) is 5.79 Å². The molecule has 0 unspecified atom stereocenters. The molecule has 3 rings (SSSR count). The number of piperidine rings is 1. The fourth-order valence-corrected chi connectivity index (χ4v) is 3.13.